The number of aromatic nitrogens is 2. The molecule has 226 valence electrons. The van der Waals surface area contributed by atoms with Crippen LogP contribution in [0.3, 0.4) is 0 Å². The molecule has 3 N–H and O–H groups in total. The molecule has 0 saturated carbocycles. The van der Waals surface area contributed by atoms with Gasteiger partial charge in [-0.05, 0) is 30.4 Å². The van der Waals surface area contributed by atoms with Gasteiger partial charge in [0.05, 0.1) is 24.9 Å². The van der Waals surface area contributed by atoms with Crippen LogP contribution < -0.4 is 20.9 Å². The summed E-state index contributed by atoms with van der Waals surface area (Å²) in [6.45, 7) is 10.8. The average molecular weight is 594 g/mol. The number of nitrogens with one attached hydrogen (secondary N) is 2. The molecule has 0 aliphatic carbocycles. The summed E-state index contributed by atoms with van der Waals surface area (Å²) in [6, 6.07) is 7.28. The number of aliphatic hydroxyl groups is 1. The van der Waals surface area contributed by atoms with Gasteiger partial charge in [0, 0.05) is 12.6 Å². The van der Waals surface area contributed by atoms with Crippen molar-refractivity contribution in [1.29, 1.82) is 0 Å². The van der Waals surface area contributed by atoms with E-state index in [1.807, 2.05) is 20.8 Å². The Balaban J connectivity index is 1.80. The van der Waals surface area contributed by atoms with Crippen molar-refractivity contribution in [2.24, 2.45) is 11.3 Å². The van der Waals surface area contributed by atoms with Gasteiger partial charge in [-0.3, -0.25) is 23.7 Å². The van der Waals surface area contributed by atoms with Gasteiger partial charge in [-0.2, -0.15) is 5.09 Å². The summed E-state index contributed by atoms with van der Waals surface area (Å²) in [7, 11) is -4.24. The molecule has 0 radical (unpaired) electrons. The number of aliphatic hydroxyl groups excluding tert-OH is 1. The second kappa shape index (κ2) is 13.8. The van der Waals surface area contributed by atoms with E-state index in [4.69, 9.17) is 18.5 Å². The fourth-order valence-corrected chi connectivity index (χ4v) is 5.62. The smallest absolute Gasteiger partial charge is 0.459 e. The van der Waals surface area contributed by atoms with Crippen LogP contribution in [0.25, 0.3) is 6.08 Å². The first-order valence-electron chi connectivity index (χ1n) is 13.5. The summed E-state index contributed by atoms with van der Waals surface area (Å²) in [5.41, 5.74) is -1.28. The van der Waals surface area contributed by atoms with Gasteiger partial charge in [0.2, 0.25) is 0 Å². The van der Waals surface area contributed by atoms with Gasteiger partial charge in [0.15, 0.2) is 0 Å². The van der Waals surface area contributed by atoms with Gasteiger partial charge in [0.25, 0.3) is 5.56 Å². The predicted molar refractivity (Wildman–Crippen MR) is 153 cm³/mol. The SMILES string of the molecule is C/C=C/c1cn(C2CC(O)C(COP(=O)(N[C@H](C(=O)OCC(C)(C)C)C(C)C)Oc3ccccc3)O2)c(=O)[nH]c1=O. The molecule has 1 aromatic carbocycles. The maximum absolute atomic E-state index is 14.0. The Morgan fingerprint density at radius 2 is 1.95 bits per heavy atom. The van der Waals surface area contributed by atoms with Crippen molar-refractivity contribution in [3.05, 3.63) is 69.0 Å². The summed E-state index contributed by atoms with van der Waals surface area (Å²) in [4.78, 5) is 39.7. The monoisotopic (exact) mass is 593 g/mol. The molecule has 0 bridgehead atoms. The Labute approximate surface area is 239 Å². The largest absolute Gasteiger partial charge is 0.464 e. The topological polar surface area (TPSA) is 158 Å². The third-order valence-corrected chi connectivity index (χ3v) is 7.63. The fourth-order valence-electron chi connectivity index (χ4n) is 3.95. The Morgan fingerprint density at radius 1 is 1.27 bits per heavy atom. The van der Waals surface area contributed by atoms with Crippen LogP contribution in [0.1, 0.15) is 59.8 Å². The van der Waals surface area contributed by atoms with Gasteiger partial charge < -0.3 is 19.1 Å². The van der Waals surface area contributed by atoms with E-state index in [9.17, 15) is 24.1 Å². The maximum atomic E-state index is 14.0. The third kappa shape index (κ3) is 9.24. The number of H-pyrrole nitrogens is 1. The van der Waals surface area contributed by atoms with E-state index in [-0.39, 0.29) is 35.7 Å². The predicted octanol–water partition coefficient (Wildman–Crippen LogP) is 3.63. The minimum Gasteiger partial charge on any atom is -0.464 e. The van der Waals surface area contributed by atoms with E-state index in [0.29, 0.717) is 0 Å². The molecule has 0 spiro atoms. The highest BCUT2D eigenvalue weighted by atomic mass is 31.2. The molecule has 2 aromatic rings. The number of aromatic amines is 1. The highest BCUT2D eigenvalue weighted by molar-refractivity contribution is 7.52. The van der Waals surface area contributed by atoms with Crippen LogP contribution in [0.15, 0.2) is 52.2 Å². The van der Waals surface area contributed by atoms with Crippen molar-refractivity contribution in [1.82, 2.24) is 14.6 Å². The number of carbonyl (C=O) groups excluding carboxylic acids is 1. The van der Waals surface area contributed by atoms with Crippen LogP contribution in [0.2, 0.25) is 0 Å². The molecular weight excluding hydrogens is 553 g/mol. The van der Waals surface area contributed by atoms with E-state index < -0.39 is 56.0 Å². The number of benzene rings is 1. The number of hydrogen-bond acceptors (Lipinski definition) is 9. The van der Waals surface area contributed by atoms with Gasteiger partial charge in [-0.25, -0.2) is 9.36 Å². The lowest BCUT2D eigenvalue weighted by Gasteiger charge is -2.28. The van der Waals surface area contributed by atoms with Crippen molar-refractivity contribution >= 4 is 19.8 Å². The molecule has 13 heteroatoms. The van der Waals surface area contributed by atoms with Crippen molar-refractivity contribution < 1.29 is 33.0 Å². The van der Waals surface area contributed by atoms with Gasteiger partial charge in [0.1, 0.15) is 24.1 Å². The van der Waals surface area contributed by atoms with Crippen molar-refractivity contribution in [3.63, 3.8) is 0 Å². The molecule has 1 aromatic heterocycles. The highest BCUT2D eigenvalue weighted by Crippen LogP contribution is 2.46. The molecule has 1 aliphatic heterocycles. The van der Waals surface area contributed by atoms with Crippen molar-refractivity contribution in [3.8, 4) is 5.75 Å². The van der Waals surface area contributed by atoms with Crippen LogP contribution in [0.5, 0.6) is 5.75 Å². The van der Waals surface area contributed by atoms with Crippen molar-refractivity contribution in [2.45, 2.75) is 72.4 Å². The normalized spacial score (nSPS) is 21.6. The number of esters is 1. The summed E-state index contributed by atoms with van der Waals surface area (Å²) in [6.07, 6.45) is 1.56. The molecule has 1 saturated heterocycles. The summed E-state index contributed by atoms with van der Waals surface area (Å²) < 4.78 is 38.0. The lowest BCUT2D eigenvalue weighted by Crippen LogP contribution is -2.43. The molecule has 41 heavy (non-hydrogen) atoms. The van der Waals surface area contributed by atoms with E-state index >= 15 is 0 Å². The minimum absolute atomic E-state index is 0.0142. The number of allylic oxidation sites excluding steroid dienone is 1. The van der Waals surface area contributed by atoms with Crippen LogP contribution in [0, 0.1) is 11.3 Å². The highest BCUT2D eigenvalue weighted by Gasteiger charge is 2.41. The summed E-state index contributed by atoms with van der Waals surface area (Å²) in [5, 5.41) is 13.4. The molecule has 2 heterocycles. The second-order valence-corrected chi connectivity index (χ2v) is 13.1. The van der Waals surface area contributed by atoms with Crippen LogP contribution in [-0.2, 0) is 23.4 Å². The molecular formula is C28H40N3O9P. The molecule has 1 fully saturated rings. The zero-order valence-corrected chi connectivity index (χ0v) is 25.1. The molecule has 5 atom stereocenters. The lowest BCUT2D eigenvalue weighted by atomic mass is 9.98. The molecule has 3 rings (SSSR count). The molecule has 4 unspecified atom stereocenters. The quantitative estimate of drug-likeness (QED) is 0.245. The lowest BCUT2D eigenvalue weighted by molar-refractivity contribution is -0.149. The van der Waals surface area contributed by atoms with E-state index in [0.717, 1.165) is 0 Å². The van der Waals surface area contributed by atoms with E-state index in [1.54, 1.807) is 63.3 Å². The third-order valence-electron chi connectivity index (χ3n) is 6.10. The minimum atomic E-state index is -4.24. The van der Waals surface area contributed by atoms with E-state index in [1.165, 1.54) is 10.8 Å². The van der Waals surface area contributed by atoms with Gasteiger partial charge >= 0.3 is 19.4 Å². The summed E-state index contributed by atoms with van der Waals surface area (Å²) >= 11 is 0. The number of nitrogens with zero attached hydrogens (tertiary/aromatic N) is 1. The number of ether oxygens (including phenoxy) is 2. The molecule has 0 amide bonds. The first kappa shape index (κ1) is 32.5. The first-order valence-corrected chi connectivity index (χ1v) is 15.0. The zero-order chi connectivity index (χ0) is 30.4. The Morgan fingerprint density at radius 3 is 2.56 bits per heavy atom. The first-order chi connectivity index (χ1) is 19.2. The fraction of sp³-hybridized carbons (Fsp3) is 0.536. The van der Waals surface area contributed by atoms with Crippen molar-refractivity contribution in [2.75, 3.05) is 13.2 Å². The number of carbonyl (C=O) groups is 1. The number of hydrogen-bond donors (Lipinski definition) is 3. The summed E-state index contributed by atoms with van der Waals surface area (Å²) in [5.74, 6) is -0.715. The van der Waals surface area contributed by atoms with Crippen LogP contribution >= 0.6 is 7.75 Å². The maximum Gasteiger partial charge on any atom is 0.459 e. The number of para-hydroxylation sites is 1. The standard InChI is InChI=1S/C28H40N3O9P/c1-7-11-19-15-31(27(35)29-25(19)33)23-14-21(32)22(39-23)16-38-41(36,40-20-12-9-8-10-13-20)30-24(18(2)3)26(34)37-17-28(4,5)6/h7-13,15,18,21-24,32H,14,16-17H2,1-6H3,(H,30,36)(H,29,33,35)/b11-7+/t21?,22?,23?,24-,41?/m0/s1. The molecule has 1 aliphatic rings. The van der Waals surface area contributed by atoms with E-state index in [2.05, 4.69) is 10.1 Å². The Hall–Kier alpha value is -3.02. The van der Waals surface area contributed by atoms with Gasteiger partial charge in [-0.1, -0.05) is 65.0 Å². The number of rotatable bonds is 12. The second-order valence-electron chi connectivity index (χ2n) is 11.4. The Kier molecular flexibility index (Phi) is 10.9. The average Bonchev–Trinajstić information content (AvgIpc) is 3.26. The van der Waals surface area contributed by atoms with Crippen LogP contribution in [0.4, 0.5) is 0 Å². The zero-order valence-electron chi connectivity index (χ0n) is 24.2. The molecule has 12 nitrogen and oxygen atoms in total. The van der Waals surface area contributed by atoms with Crippen LogP contribution in [-0.4, -0.2) is 52.1 Å². The Bertz CT molecular complexity index is 1360. The van der Waals surface area contributed by atoms with Gasteiger partial charge in [-0.15, -0.1) is 0 Å².